The van der Waals surface area contributed by atoms with Gasteiger partial charge in [-0.2, -0.15) is 0 Å². The van der Waals surface area contributed by atoms with E-state index in [1.807, 2.05) is 54.6 Å². The summed E-state index contributed by atoms with van der Waals surface area (Å²) in [6.45, 7) is 4.14. The molecule has 0 unspecified atom stereocenters. The third-order valence-corrected chi connectivity index (χ3v) is 10.5. The number of rotatable bonds is 12. The molecule has 0 spiro atoms. The van der Waals surface area contributed by atoms with Gasteiger partial charge in [0.2, 0.25) is 0 Å². The second-order valence-corrected chi connectivity index (χ2v) is 14.6. The number of thiazole rings is 1. The van der Waals surface area contributed by atoms with Crippen molar-refractivity contribution in [2.75, 3.05) is 27.4 Å². The van der Waals surface area contributed by atoms with E-state index < -0.39 is 12.0 Å². The molecule has 1 aliphatic heterocycles. The van der Waals surface area contributed by atoms with Crippen molar-refractivity contribution in [3.05, 3.63) is 146 Å². The molecule has 0 saturated carbocycles. The minimum absolute atomic E-state index is 0.132. The van der Waals surface area contributed by atoms with Crippen LogP contribution in [0, 0.1) is 3.57 Å². The lowest BCUT2D eigenvalue weighted by Crippen LogP contribution is -2.40. The summed E-state index contributed by atoms with van der Waals surface area (Å²) in [5.41, 5.74) is 3.55. The molecule has 6 rings (SSSR count). The van der Waals surface area contributed by atoms with Gasteiger partial charge in [-0.1, -0.05) is 75.8 Å². The molecule has 0 radical (unpaired) electrons. The zero-order valence-electron chi connectivity index (χ0n) is 29.2. The summed E-state index contributed by atoms with van der Waals surface area (Å²) >= 11 is 7.01. The number of halogens is 2. The first-order valence-corrected chi connectivity index (χ1v) is 19.2. The monoisotopic (exact) mass is 908 g/mol. The molecule has 1 aromatic heterocycles. The van der Waals surface area contributed by atoms with E-state index in [4.69, 9.17) is 28.7 Å². The van der Waals surface area contributed by atoms with Crippen molar-refractivity contribution in [1.29, 1.82) is 0 Å². The van der Waals surface area contributed by atoms with Crippen LogP contribution >= 0.6 is 49.9 Å². The summed E-state index contributed by atoms with van der Waals surface area (Å²) in [5.74, 6) is 0.541. The second-order valence-electron chi connectivity index (χ2n) is 11.6. The van der Waals surface area contributed by atoms with Gasteiger partial charge in [-0.15, -0.1) is 0 Å². The summed E-state index contributed by atoms with van der Waals surface area (Å²) in [5, 5.41) is 0. The molecule has 0 amide bonds. The lowest BCUT2D eigenvalue weighted by atomic mass is 9.93. The lowest BCUT2D eigenvalue weighted by molar-refractivity contribution is -0.138. The minimum Gasteiger partial charge on any atom is -0.493 e. The first kappa shape index (κ1) is 38.0. The predicted octanol–water partition coefficient (Wildman–Crippen LogP) is 7.08. The average Bonchev–Trinajstić information content (AvgIpc) is 3.47. The first-order valence-electron chi connectivity index (χ1n) is 16.6. The molecule has 0 aliphatic carbocycles. The third kappa shape index (κ3) is 8.11. The van der Waals surface area contributed by atoms with Gasteiger partial charge in [0.05, 0.1) is 58.4 Å². The van der Waals surface area contributed by atoms with Crippen LogP contribution in [0.4, 0.5) is 0 Å². The van der Waals surface area contributed by atoms with Crippen molar-refractivity contribution >= 4 is 73.6 Å². The van der Waals surface area contributed by atoms with Crippen molar-refractivity contribution < 1.29 is 33.3 Å². The summed E-state index contributed by atoms with van der Waals surface area (Å²) in [4.78, 5) is 46.0. The Kier molecular flexibility index (Phi) is 12.2. The van der Waals surface area contributed by atoms with Gasteiger partial charge in [0.15, 0.2) is 16.3 Å². The number of nitrogens with zero attached hydrogens (tertiary/aromatic N) is 2. The topological polar surface area (TPSA) is 115 Å². The molecule has 13 heteroatoms. The molecule has 4 aromatic carbocycles. The highest BCUT2D eigenvalue weighted by molar-refractivity contribution is 14.1. The van der Waals surface area contributed by atoms with Crippen LogP contribution in [0.15, 0.2) is 105 Å². The van der Waals surface area contributed by atoms with Gasteiger partial charge in [0.1, 0.15) is 12.4 Å². The van der Waals surface area contributed by atoms with Gasteiger partial charge in [-0.05, 0) is 90.0 Å². The standard InChI is InChI=1S/C40H34BrIN2O8S/c1-5-50-38(46)25-14-12-23(13-15-25)22-52-36-27(18-28(41)21-29(36)42)20-32-37(45)44-35(26-16-17-30(48-3)31(19-26)49-4)33(39(47)51-6-2)34(43-40(44)53-32)24-10-8-7-9-11-24/h7-21,35H,5-6,22H2,1-4H3/b32-20-/t35-/m0/s1. The number of fused-ring (bicyclic) bond motifs is 1. The van der Waals surface area contributed by atoms with Gasteiger partial charge >= 0.3 is 11.9 Å². The van der Waals surface area contributed by atoms with Crippen molar-refractivity contribution in [2.24, 2.45) is 4.99 Å². The third-order valence-electron chi connectivity index (χ3n) is 8.27. The Morgan fingerprint density at radius 2 is 1.60 bits per heavy atom. The van der Waals surface area contributed by atoms with Gasteiger partial charge in [-0.3, -0.25) is 9.36 Å². The molecule has 2 heterocycles. The van der Waals surface area contributed by atoms with E-state index in [1.165, 1.54) is 23.0 Å². The number of aromatic nitrogens is 1. The first-order chi connectivity index (χ1) is 25.7. The molecule has 0 saturated heterocycles. The Balaban J connectivity index is 1.51. The Bertz CT molecular complexity index is 2390. The van der Waals surface area contributed by atoms with E-state index in [2.05, 4.69) is 38.5 Å². The average molecular weight is 910 g/mol. The fraction of sp³-hybridized carbons (Fsp3) is 0.200. The largest absolute Gasteiger partial charge is 0.493 e. The van der Waals surface area contributed by atoms with Crippen molar-refractivity contribution in [3.63, 3.8) is 0 Å². The highest BCUT2D eigenvalue weighted by Gasteiger charge is 2.35. The van der Waals surface area contributed by atoms with Crippen LogP contribution in [-0.4, -0.2) is 43.9 Å². The van der Waals surface area contributed by atoms with E-state index >= 15 is 0 Å². The van der Waals surface area contributed by atoms with Crippen molar-refractivity contribution in [3.8, 4) is 17.2 Å². The molecular weight excluding hydrogens is 875 g/mol. The van der Waals surface area contributed by atoms with Crippen LogP contribution in [0.5, 0.6) is 17.2 Å². The van der Waals surface area contributed by atoms with E-state index in [9.17, 15) is 14.4 Å². The van der Waals surface area contributed by atoms with Crippen LogP contribution in [0.3, 0.4) is 0 Å². The summed E-state index contributed by atoms with van der Waals surface area (Å²) in [6, 6.07) is 24.6. The van der Waals surface area contributed by atoms with Crippen molar-refractivity contribution in [1.82, 2.24) is 4.57 Å². The van der Waals surface area contributed by atoms with E-state index in [0.717, 1.165) is 13.6 Å². The zero-order chi connectivity index (χ0) is 37.6. The minimum atomic E-state index is -0.904. The second kappa shape index (κ2) is 16.9. The van der Waals surface area contributed by atoms with E-state index in [0.29, 0.717) is 61.1 Å². The van der Waals surface area contributed by atoms with Crippen LogP contribution in [0.25, 0.3) is 11.8 Å². The lowest BCUT2D eigenvalue weighted by Gasteiger charge is -2.26. The molecule has 1 atom stereocenters. The Morgan fingerprint density at radius 1 is 0.906 bits per heavy atom. The number of hydrogen-bond acceptors (Lipinski definition) is 10. The van der Waals surface area contributed by atoms with Gasteiger partial charge in [0.25, 0.3) is 5.56 Å². The van der Waals surface area contributed by atoms with E-state index in [1.54, 1.807) is 57.4 Å². The molecule has 53 heavy (non-hydrogen) atoms. The molecule has 0 N–H and O–H groups in total. The number of methoxy groups -OCH3 is 2. The van der Waals surface area contributed by atoms with Crippen molar-refractivity contribution in [2.45, 2.75) is 26.5 Å². The number of carbonyl (C=O) groups is 2. The number of esters is 2. The number of carbonyl (C=O) groups excluding carboxylic acids is 2. The van der Waals surface area contributed by atoms with Crippen LogP contribution in [0.1, 0.15) is 52.5 Å². The highest BCUT2D eigenvalue weighted by Crippen LogP contribution is 2.39. The highest BCUT2D eigenvalue weighted by atomic mass is 127. The maximum atomic E-state index is 14.6. The molecule has 1 aliphatic rings. The molecular formula is C40H34BrIN2O8S. The van der Waals surface area contributed by atoms with Crippen LogP contribution in [0.2, 0.25) is 0 Å². The van der Waals surface area contributed by atoms with Gasteiger partial charge in [0, 0.05) is 15.6 Å². The maximum Gasteiger partial charge on any atom is 0.338 e. The predicted molar refractivity (Wildman–Crippen MR) is 214 cm³/mol. The quantitative estimate of drug-likeness (QED) is 0.0966. The smallest absolute Gasteiger partial charge is 0.338 e. The number of benzene rings is 4. The number of hydrogen-bond donors (Lipinski definition) is 0. The zero-order valence-corrected chi connectivity index (χ0v) is 33.7. The fourth-order valence-corrected chi connectivity index (χ4v) is 8.56. The fourth-order valence-electron chi connectivity index (χ4n) is 5.87. The van der Waals surface area contributed by atoms with Gasteiger partial charge < -0.3 is 23.7 Å². The van der Waals surface area contributed by atoms with Crippen LogP contribution < -0.4 is 29.1 Å². The van der Waals surface area contributed by atoms with Crippen LogP contribution in [-0.2, 0) is 20.9 Å². The Morgan fingerprint density at radius 3 is 2.28 bits per heavy atom. The molecule has 0 bridgehead atoms. The number of ether oxygens (including phenoxy) is 5. The molecule has 5 aromatic rings. The summed E-state index contributed by atoms with van der Waals surface area (Å²) in [6.07, 6.45) is 1.78. The SMILES string of the molecule is CCOC(=O)C1=C(c2ccccc2)N=c2s/c(=C\c3cc(Br)cc(I)c3OCc3ccc(C(=O)OCC)cc3)c(=O)n2[C@H]1c1ccc(OC)c(OC)c1. The normalized spacial score (nSPS) is 13.9. The maximum absolute atomic E-state index is 14.6. The molecule has 10 nitrogen and oxygen atoms in total. The Labute approximate surface area is 331 Å². The molecule has 272 valence electrons. The summed E-state index contributed by atoms with van der Waals surface area (Å²) in [7, 11) is 3.07. The van der Waals surface area contributed by atoms with Gasteiger partial charge in [-0.25, -0.2) is 14.6 Å². The van der Waals surface area contributed by atoms with E-state index in [-0.39, 0.29) is 30.3 Å². The molecule has 0 fully saturated rings. The Hall–Kier alpha value is -4.73. The summed E-state index contributed by atoms with van der Waals surface area (Å²) < 4.78 is 31.7.